The predicted octanol–water partition coefficient (Wildman–Crippen LogP) is 12.6. The Morgan fingerprint density at radius 3 is 2.09 bits per heavy atom. The highest BCUT2D eigenvalue weighted by Gasteiger charge is 2.26. The Morgan fingerprint density at radius 1 is 0.511 bits per heavy atom. The van der Waals surface area contributed by atoms with Crippen molar-refractivity contribution >= 4 is 72.4 Å². The van der Waals surface area contributed by atoms with Crippen LogP contribution in [0.15, 0.2) is 172 Å². The second kappa shape index (κ2) is 10.3. The lowest BCUT2D eigenvalue weighted by molar-refractivity contribution is 0.670. The van der Waals surface area contributed by atoms with E-state index in [4.69, 9.17) is 9.40 Å². The van der Waals surface area contributed by atoms with Crippen molar-refractivity contribution in [3.05, 3.63) is 158 Å². The molecule has 1 aliphatic heterocycles. The maximum absolute atomic E-state index is 6.79. The Hall–Kier alpha value is -5.84. The van der Waals surface area contributed by atoms with Gasteiger partial charge in [-0.1, -0.05) is 115 Å². The fraction of sp³-hybridized carbons (Fsp3) is 0. The van der Waals surface area contributed by atoms with Gasteiger partial charge in [0.25, 0.3) is 0 Å². The van der Waals surface area contributed by atoms with Crippen LogP contribution in [0.1, 0.15) is 0 Å². The number of benzene rings is 7. The third-order valence-corrected chi connectivity index (χ3v) is 10.3. The van der Waals surface area contributed by atoms with Crippen molar-refractivity contribution in [3.8, 4) is 22.4 Å². The largest absolute Gasteiger partial charge is 0.455 e. The molecule has 0 saturated heterocycles. The van der Waals surface area contributed by atoms with Gasteiger partial charge in [0.15, 0.2) is 0 Å². The van der Waals surface area contributed by atoms with E-state index >= 15 is 0 Å². The summed E-state index contributed by atoms with van der Waals surface area (Å²) in [5.74, 6) is 0. The van der Waals surface area contributed by atoms with Gasteiger partial charge in [-0.15, -0.1) is 0 Å². The van der Waals surface area contributed by atoms with Crippen molar-refractivity contribution in [2.75, 3.05) is 4.90 Å². The first-order valence-corrected chi connectivity index (χ1v) is 16.6. The van der Waals surface area contributed by atoms with Crippen LogP contribution in [-0.2, 0) is 0 Å². The summed E-state index contributed by atoms with van der Waals surface area (Å²) in [7, 11) is 0. The number of furan rings is 1. The Balaban J connectivity index is 1.29. The molecule has 0 amide bonds. The van der Waals surface area contributed by atoms with Crippen LogP contribution in [0.3, 0.4) is 0 Å². The van der Waals surface area contributed by atoms with E-state index in [0.717, 1.165) is 66.3 Å². The highest BCUT2D eigenvalue weighted by atomic mass is 32.2. The summed E-state index contributed by atoms with van der Waals surface area (Å²) in [6.07, 6.45) is 0. The van der Waals surface area contributed by atoms with Crippen molar-refractivity contribution < 1.29 is 4.42 Å². The summed E-state index contributed by atoms with van der Waals surface area (Å²) < 4.78 is 6.79. The zero-order valence-electron chi connectivity index (χ0n) is 25.2. The summed E-state index contributed by atoms with van der Waals surface area (Å²) in [4.78, 5) is 10.1. The van der Waals surface area contributed by atoms with E-state index in [2.05, 4.69) is 157 Å². The number of hydrogen-bond acceptors (Lipinski definition) is 4. The number of anilines is 3. The second-order valence-electron chi connectivity index (χ2n) is 11.9. The average molecular weight is 619 g/mol. The van der Waals surface area contributed by atoms with Gasteiger partial charge in [-0.3, -0.25) is 0 Å². The van der Waals surface area contributed by atoms with Gasteiger partial charge in [-0.25, -0.2) is 4.98 Å². The van der Waals surface area contributed by atoms with E-state index in [9.17, 15) is 0 Å². The molecule has 220 valence electrons. The number of nitrogens with zero attached hydrogens (tertiary/aromatic N) is 2. The third kappa shape index (κ3) is 4.05. The molecule has 47 heavy (non-hydrogen) atoms. The summed E-state index contributed by atoms with van der Waals surface area (Å²) in [6, 6.07) is 55.8. The van der Waals surface area contributed by atoms with Gasteiger partial charge >= 0.3 is 0 Å². The first-order chi connectivity index (χ1) is 23.3. The van der Waals surface area contributed by atoms with Crippen molar-refractivity contribution in [1.82, 2.24) is 4.98 Å². The molecule has 0 N–H and O–H groups in total. The number of para-hydroxylation sites is 4. The molecular formula is C43H26N2OS. The van der Waals surface area contributed by atoms with Crippen LogP contribution in [0.25, 0.3) is 66.0 Å². The van der Waals surface area contributed by atoms with E-state index in [-0.39, 0.29) is 0 Å². The van der Waals surface area contributed by atoms with E-state index in [1.54, 1.807) is 0 Å². The zero-order valence-corrected chi connectivity index (χ0v) is 26.0. The Labute approximate surface area is 275 Å². The molecule has 4 heteroatoms. The van der Waals surface area contributed by atoms with Crippen LogP contribution in [0, 0.1) is 0 Å². The molecular weight excluding hydrogens is 593 g/mol. The minimum atomic E-state index is 0.884. The number of fused-ring (bicyclic) bond motifs is 9. The topological polar surface area (TPSA) is 29.3 Å². The molecule has 9 aromatic rings. The third-order valence-electron chi connectivity index (χ3n) is 9.21. The molecule has 10 rings (SSSR count). The van der Waals surface area contributed by atoms with Gasteiger partial charge in [-0.05, 0) is 60.2 Å². The maximum Gasteiger partial charge on any atom is 0.143 e. The highest BCUT2D eigenvalue weighted by Crippen LogP contribution is 2.53. The van der Waals surface area contributed by atoms with Crippen LogP contribution in [0.2, 0.25) is 0 Å². The second-order valence-corrected chi connectivity index (χ2v) is 13.0. The molecule has 7 aromatic carbocycles. The number of rotatable bonds is 3. The monoisotopic (exact) mass is 618 g/mol. The van der Waals surface area contributed by atoms with Crippen molar-refractivity contribution in [2.45, 2.75) is 9.79 Å². The number of hydrogen-bond donors (Lipinski definition) is 0. The molecule has 0 atom stereocenters. The van der Waals surface area contributed by atoms with Crippen molar-refractivity contribution in [1.29, 1.82) is 0 Å². The van der Waals surface area contributed by atoms with Gasteiger partial charge in [-0.2, -0.15) is 0 Å². The van der Waals surface area contributed by atoms with Gasteiger partial charge in [0.1, 0.15) is 11.2 Å². The fourth-order valence-corrected chi connectivity index (χ4v) is 8.24. The Morgan fingerprint density at radius 2 is 1.21 bits per heavy atom. The molecule has 0 unspecified atom stereocenters. The van der Waals surface area contributed by atoms with Crippen LogP contribution >= 0.6 is 11.8 Å². The van der Waals surface area contributed by atoms with Crippen LogP contribution in [0.4, 0.5) is 17.1 Å². The van der Waals surface area contributed by atoms with E-state index in [1.165, 1.54) is 26.6 Å². The summed E-state index contributed by atoms with van der Waals surface area (Å²) in [5.41, 5.74) is 10.5. The first-order valence-electron chi connectivity index (χ1n) is 15.8. The molecule has 3 heterocycles. The molecule has 0 aliphatic carbocycles. The molecule has 3 nitrogen and oxygen atoms in total. The number of pyridine rings is 1. The molecule has 0 saturated carbocycles. The quantitative estimate of drug-likeness (QED) is 0.184. The SMILES string of the molecule is c1ccc(-c2nc3ccccc3c3c2cc(-c2ccc4c(c2)Sc2ccccc2N4c2ccccc2)c2oc4ccccc4c23)cc1. The van der Waals surface area contributed by atoms with Gasteiger partial charge in [0.2, 0.25) is 0 Å². The minimum absolute atomic E-state index is 0.884. The smallest absolute Gasteiger partial charge is 0.143 e. The van der Waals surface area contributed by atoms with Gasteiger partial charge in [0.05, 0.1) is 22.6 Å². The molecule has 0 radical (unpaired) electrons. The highest BCUT2D eigenvalue weighted by molar-refractivity contribution is 7.99. The molecule has 2 aromatic heterocycles. The fourth-order valence-electron chi connectivity index (χ4n) is 7.14. The van der Waals surface area contributed by atoms with Crippen molar-refractivity contribution in [2.24, 2.45) is 0 Å². The lowest BCUT2D eigenvalue weighted by atomic mass is 9.92. The van der Waals surface area contributed by atoms with Gasteiger partial charge < -0.3 is 9.32 Å². The van der Waals surface area contributed by atoms with Crippen LogP contribution in [0.5, 0.6) is 0 Å². The Bertz CT molecular complexity index is 2660. The number of aromatic nitrogens is 1. The first kappa shape index (κ1) is 26.4. The van der Waals surface area contributed by atoms with Crippen LogP contribution in [-0.4, -0.2) is 4.98 Å². The van der Waals surface area contributed by atoms with Crippen molar-refractivity contribution in [3.63, 3.8) is 0 Å². The van der Waals surface area contributed by atoms with E-state index in [1.807, 2.05) is 17.8 Å². The summed E-state index contributed by atoms with van der Waals surface area (Å²) in [6.45, 7) is 0. The molecule has 1 aliphatic rings. The zero-order chi connectivity index (χ0) is 30.9. The normalized spacial score (nSPS) is 12.6. The lowest BCUT2D eigenvalue weighted by Gasteiger charge is -2.33. The molecule has 0 bridgehead atoms. The summed E-state index contributed by atoms with van der Waals surface area (Å²) >= 11 is 1.82. The minimum Gasteiger partial charge on any atom is -0.455 e. The lowest BCUT2D eigenvalue weighted by Crippen LogP contribution is -2.14. The predicted molar refractivity (Wildman–Crippen MR) is 196 cm³/mol. The maximum atomic E-state index is 6.79. The Kier molecular flexibility index (Phi) is 5.81. The molecule has 0 spiro atoms. The van der Waals surface area contributed by atoms with Crippen LogP contribution < -0.4 is 4.90 Å². The van der Waals surface area contributed by atoms with E-state index in [0.29, 0.717) is 0 Å². The van der Waals surface area contributed by atoms with E-state index < -0.39 is 0 Å². The average Bonchev–Trinajstić information content (AvgIpc) is 3.53. The standard InChI is InChI=1S/C43H26N2OS/c1-3-13-27(14-4-1)42-33-26-32(43-41(31-18-8-11-21-37(31)46-43)40(33)30-17-7-9-19-34(30)44-42)28-23-24-36-39(25-28)47-38-22-12-10-20-35(38)45(36)29-15-5-2-6-16-29/h1-26H. The summed E-state index contributed by atoms with van der Waals surface area (Å²) in [5, 5.41) is 5.66. The molecule has 0 fully saturated rings. The van der Waals surface area contributed by atoms with Gasteiger partial charge in [0, 0.05) is 53.5 Å².